The quantitative estimate of drug-likeness (QED) is 0.661. The van der Waals surface area contributed by atoms with E-state index < -0.39 is 11.6 Å². The Hall–Kier alpha value is -2.69. The van der Waals surface area contributed by atoms with Gasteiger partial charge in [0.1, 0.15) is 5.54 Å². The second-order valence-electron chi connectivity index (χ2n) is 7.74. The Balaban J connectivity index is 1.50. The Morgan fingerprint density at radius 3 is 2.52 bits per heavy atom. The number of imide groups is 1. The fraction of sp³-hybridized carbons (Fsp3) is 0.409. The molecular weight excluding hydrogens is 340 g/mol. The van der Waals surface area contributed by atoms with E-state index in [0.29, 0.717) is 24.3 Å². The largest absolute Gasteiger partial charge is 0.325 e. The van der Waals surface area contributed by atoms with E-state index >= 15 is 0 Å². The number of rotatable bonds is 4. The topological polar surface area (TPSA) is 66.5 Å². The molecule has 1 aliphatic heterocycles. The molecule has 1 saturated heterocycles. The van der Waals surface area contributed by atoms with E-state index in [-0.39, 0.29) is 18.2 Å². The van der Waals surface area contributed by atoms with Gasteiger partial charge >= 0.3 is 6.03 Å². The molecule has 4 rings (SSSR count). The highest BCUT2D eigenvalue weighted by Crippen LogP contribution is 2.37. The maximum absolute atomic E-state index is 13.0. The predicted octanol–water partition coefficient (Wildman–Crippen LogP) is 3.91. The van der Waals surface area contributed by atoms with Gasteiger partial charge in [0.25, 0.3) is 5.91 Å². The second kappa shape index (κ2) is 6.80. The first-order valence-corrected chi connectivity index (χ1v) is 9.68. The molecule has 2 aliphatic rings. The van der Waals surface area contributed by atoms with E-state index in [2.05, 4.69) is 12.2 Å². The van der Waals surface area contributed by atoms with Gasteiger partial charge in [0.05, 0.1) is 6.54 Å². The van der Waals surface area contributed by atoms with Crippen molar-refractivity contribution in [3.8, 4) is 0 Å². The molecule has 5 heteroatoms. The van der Waals surface area contributed by atoms with Crippen LogP contribution in [0.15, 0.2) is 42.5 Å². The van der Waals surface area contributed by atoms with Crippen LogP contribution < -0.4 is 5.32 Å². The average molecular weight is 364 g/mol. The molecule has 3 amide bonds. The number of carbonyl (C=O) groups is 3. The predicted molar refractivity (Wildman–Crippen MR) is 104 cm³/mol. The summed E-state index contributed by atoms with van der Waals surface area (Å²) in [6.07, 6.45) is 4.31. The summed E-state index contributed by atoms with van der Waals surface area (Å²) in [6, 6.07) is 12.8. The fourth-order valence-electron chi connectivity index (χ4n) is 4.33. The molecule has 1 spiro atoms. The monoisotopic (exact) mass is 364 g/mol. The van der Waals surface area contributed by atoms with Crippen molar-refractivity contribution in [2.24, 2.45) is 5.92 Å². The van der Waals surface area contributed by atoms with Gasteiger partial charge in [0.15, 0.2) is 5.78 Å². The number of hydrogen-bond acceptors (Lipinski definition) is 3. The van der Waals surface area contributed by atoms with Crippen LogP contribution in [0.3, 0.4) is 0 Å². The number of amides is 3. The van der Waals surface area contributed by atoms with Crippen molar-refractivity contribution >= 4 is 28.5 Å². The molecule has 0 unspecified atom stereocenters. The Morgan fingerprint density at radius 1 is 1.11 bits per heavy atom. The molecule has 1 saturated carbocycles. The number of fused-ring (bicyclic) bond motifs is 1. The van der Waals surface area contributed by atoms with Gasteiger partial charge in [0, 0.05) is 5.56 Å². The highest BCUT2D eigenvalue weighted by Gasteiger charge is 2.52. The second-order valence-corrected chi connectivity index (χ2v) is 7.74. The summed E-state index contributed by atoms with van der Waals surface area (Å²) in [7, 11) is 0. The highest BCUT2D eigenvalue weighted by atomic mass is 16.2. The zero-order valence-electron chi connectivity index (χ0n) is 15.5. The lowest BCUT2D eigenvalue weighted by molar-refractivity contribution is -0.132. The number of Topliss-reactive ketones (excluding diaryl/α,β-unsaturated/α-hetero) is 1. The van der Waals surface area contributed by atoms with E-state index in [1.807, 2.05) is 36.4 Å². The molecule has 27 heavy (non-hydrogen) atoms. The van der Waals surface area contributed by atoms with Gasteiger partial charge in [-0.25, -0.2) is 4.79 Å². The first-order chi connectivity index (χ1) is 13.0. The lowest BCUT2D eigenvalue weighted by Crippen LogP contribution is -2.49. The summed E-state index contributed by atoms with van der Waals surface area (Å²) < 4.78 is 0. The number of carbonyl (C=O) groups excluding carboxylic acids is 3. The van der Waals surface area contributed by atoms with E-state index in [9.17, 15) is 14.4 Å². The van der Waals surface area contributed by atoms with Crippen LogP contribution in [0.5, 0.6) is 0 Å². The normalized spacial score (nSPS) is 25.2. The minimum Gasteiger partial charge on any atom is -0.323 e. The summed E-state index contributed by atoms with van der Waals surface area (Å²) >= 11 is 0. The highest BCUT2D eigenvalue weighted by molar-refractivity contribution is 6.11. The minimum absolute atomic E-state index is 0.206. The number of ketones is 1. The summed E-state index contributed by atoms with van der Waals surface area (Å²) in [5, 5.41) is 4.90. The number of hydrogen-bond donors (Lipinski definition) is 1. The summed E-state index contributed by atoms with van der Waals surface area (Å²) in [4.78, 5) is 39.2. The third kappa shape index (κ3) is 3.11. The van der Waals surface area contributed by atoms with Crippen molar-refractivity contribution in [1.82, 2.24) is 10.2 Å². The van der Waals surface area contributed by atoms with Gasteiger partial charge in [-0.15, -0.1) is 0 Å². The molecule has 2 aromatic carbocycles. The van der Waals surface area contributed by atoms with Crippen molar-refractivity contribution in [2.75, 3.05) is 6.54 Å². The molecule has 0 aromatic heterocycles. The molecule has 0 atom stereocenters. The number of benzene rings is 2. The molecule has 5 nitrogen and oxygen atoms in total. The molecule has 2 aromatic rings. The first-order valence-electron chi connectivity index (χ1n) is 9.68. The van der Waals surface area contributed by atoms with Crippen molar-refractivity contribution in [2.45, 2.75) is 44.6 Å². The summed E-state index contributed by atoms with van der Waals surface area (Å²) in [5.74, 6) is 0.161. The fourth-order valence-corrected chi connectivity index (χ4v) is 4.33. The van der Waals surface area contributed by atoms with Gasteiger partial charge in [-0.1, -0.05) is 49.7 Å². The van der Waals surface area contributed by atoms with Gasteiger partial charge in [-0.05, 0) is 48.4 Å². The Bertz CT molecular complexity index is 913. The van der Waals surface area contributed by atoms with Gasteiger partial charge in [0.2, 0.25) is 0 Å². The van der Waals surface area contributed by atoms with E-state index in [4.69, 9.17) is 0 Å². The van der Waals surface area contributed by atoms with Crippen LogP contribution in [-0.4, -0.2) is 34.7 Å². The number of nitrogens with zero attached hydrogens (tertiary/aromatic N) is 1. The minimum atomic E-state index is -0.799. The molecule has 1 aliphatic carbocycles. The van der Waals surface area contributed by atoms with Crippen LogP contribution in [0.25, 0.3) is 10.8 Å². The maximum atomic E-state index is 13.0. The smallest absolute Gasteiger partial charge is 0.323 e. The molecular formula is C22H24N2O3. The summed E-state index contributed by atoms with van der Waals surface area (Å²) in [6.45, 7) is 1.95. The van der Waals surface area contributed by atoms with Gasteiger partial charge in [-0.2, -0.15) is 0 Å². The van der Waals surface area contributed by atoms with Crippen LogP contribution in [0, 0.1) is 5.92 Å². The molecule has 140 valence electrons. The van der Waals surface area contributed by atoms with Gasteiger partial charge < -0.3 is 5.32 Å². The standard InChI is InChI=1S/C22H24N2O3/c1-2-15-9-11-22(12-10-15)20(26)24(21(27)23-22)14-19(25)18-8-7-16-5-3-4-6-17(16)13-18/h3-8,13,15H,2,9-12,14H2,1H3,(H,23,27). The number of urea groups is 1. The SMILES string of the molecule is CCC1CCC2(CC1)NC(=O)N(CC(=O)c1ccc3ccccc3c1)C2=O. The van der Waals surface area contributed by atoms with Crippen LogP contribution >= 0.6 is 0 Å². The zero-order chi connectivity index (χ0) is 19.0. The Labute approximate surface area is 158 Å². The molecule has 1 heterocycles. The van der Waals surface area contributed by atoms with Crippen LogP contribution in [-0.2, 0) is 4.79 Å². The Kier molecular flexibility index (Phi) is 4.46. The lowest BCUT2D eigenvalue weighted by Gasteiger charge is -2.34. The van der Waals surface area contributed by atoms with E-state index in [1.165, 1.54) is 0 Å². The third-order valence-corrected chi connectivity index (χ3v) is 6.16. The van der Waals surface area contributed by atoms with Crippen LogP contribution in [0.1, 0.15) is 49.4 Å². The molecule has 0 bridgehead atoms. The third-order valence-electron chi connectivity index (χ3n) is 6.16. The van der Waals surface area contributed by atoms with Gasteiger partial charge in [-0.3, -0.25) is 14.5 Å². The number of nitrogens with one attached hydrogen (secondary N) is 1. The van der Waals surface area contributed by atoms with Crippen molar-refractivity contribution in [3.05, 3.63) is 48.0 Å². The average Bonchev–Trinajstić information content (AvgIpc) is 2.92. The summed E-state index contributed by atoms with van der Waals surface area (Å²) in [5.41, 5.74) is -0.281. The van der Waals surface area contributed by atoms with Crippen molar-refractivity contribution < 1.29 is 14.4 Å². The molecule has 2 fully saturated rings. The zero-order valence-corrected chi connectivity index (χ0v) is 15.5. The van der Waals surface area contributed by atoms with Crippen molar-refractivity contribution in [3.63, 3.8) is 0 Å². The van der Waals surface area contributed by atoms with Crippen molar-refractivity contribution in [1.29, 1.82) is 0 Å². The molecule has 1 N–H and O–H groups in total. The van der Waals surface area contributed by atoms with E-state index in [0.717, 1.165) is 34.9 Å². The molecule has 0 radical (unpaired) electrons. The maximum Gasteiger partial charge on any atom is 0.325 e. The van der Waals surface area contributed by atoms with Crippen LogP contribution in [0.4, 0.5) is 4.79 Å². The first kappa shape index (κ1) is 17.7. The van der Waals surface area contributed by atoms with E-state index in [1.54, 1.807) is 6.07 Å². The van der Waals surface area contributed by atoms with Crippen LogP contribution in [0.2, 0.25) is 0 Å². The lowest BCUT2D eigenvalue weighted by atomic mass is 9.75. The Morgan fingerprint density at radius 2 is 1.81 bits per heavy atom.